The maximum absolute atomic E-state index is 14.0. The lowest BCUT2D eigenvalue weighted by Crippen LogP contribution is -2.15. The molecular weight excluding hydrogens is 488 g/mol. The van der Waals surface area contributed by atoms with E-state index in [1.54, 1.807) is 37.5 Å². The molecule has 190 valence electrons. The number of nitrogens with zero attached hydrogens (tertiary/aromatic N) is 2. The minimum atomic E-state index is -1.07. The van der Waals surface area contributed by atoms with Crippen LogP contribution in [-0.2, 0) is 0 Å². The highest BCUT2D eigenvalue weighted by atomic mass is 19.2. The van der Waals surface area contributed by atoms with E-state index in [0.717, 1.165) is 28.1 Å². The van der Waals surface area contributed by atoms with Gasteiger partial charge in [-0.1, -0.05) is 30.9 Å². The molecule has 2 aromatic heterocycles. The van der Waals surface area contributed by atoms with Gasteiger partial charge in [-0.25, -0.2) is 9.38 Å². The number of aryl methyl sites for hydroxylation is 1. The number of aliphatic imine (C=N–C) groups is 1. The number of nitrogens with one attached hydrogen (secondary N) is 2. The van der Waals surface area contributed by atoms with E-state index in [1.807, 2.05) is 24.3 Å². The van der Waals surface area contributed by atoms with Gasteiger partial charge < -0.3 is 20.6 Å². The number of halogens is 2. The Morgan fingerprint density at radius 2 is 1.95 bits per heavy atom. The fourth-order valence-corrected chi connectivity index (χ4v) is 4.10. The van der Waals surface area contributed by atoms with Gasteiger partial charge in [-0.05, 0) is 60.5 Å². The first-order valence-corrected chi connectivity index (χ1v) is 11.6. The van der Waals surface area contributed by atoms with Crippen LogP contribution < -0.4 is 10.5 Å². The minimum absolute atomic E-state index is 0.0409. The lowest BCUT2D eigenvalue weighted by molar-refractivity contribution is 0.416. The Balaban J connectivity index is 1.46. The third-order valence-electron chi connectivity index (χ3n) is 6.02. The third kappa shape index (κ3) is 4.64. The Bertz CT molecular complexity index is 1720. The number of nitrogens with two attached hydrogens (primary N) is 1. The predicted molar refractivity (Wildman–Crippen MR) is 145 cm³/mol. The van der Waals surface area contributed by atoms with Crippen LogP contribution in [0.25, 0.3) is 27.8 Å². The molecular formula is C29H23F2N5O2. The summed E-state index contributed by atoms with van der Waals surface area (Å²) in [5.41, 5.74) is 10.8. The molecule has 0 fully saturated rings. The minimum Gasteiger partial charge on any atom is -0.505 e. The third-order valence-corrected chi connectivity index (χ3v) is 6.02. The molecule has 5 N–H and O–H groups in total. The number of amidine groups is 1. The topological polar surface area (TPSA) is 112 Å². The van der Waals surface area contributed by atoms with Crippen molar-refractivity contribution in [2.24, 2.45) is 10.7 Å². The number of aromatic nitrogens is 3. The first-order valence-electron chi connectivity index (χ1n) is 11.6. The number of aromatic amines is 2. The first kappa shape index (κ1) is 24.5. The average molecular weight is 512 g/mol. The van der Waals surface area contributed by atoms with Crippen molar-refractivity contribution in [2.45, 2.75) is 6.92 Å². The highest BCUT2D eigenvalue weighted by molar-refractivity contribution is 6.07. The molecule has 5 rings (SSSR count). The lowest BCUT2D eigenvalue weighted by atomic mass is 10.0. The second kappa shape index (κ2) is 10.1. The zero-order valence-electron chi connectivity index (χ0n) is 20.3. The van der Waals surface area contributed by atoms with Crippen molar-refractivity contribution in [3.63, 3.8) is 0 Å². The summed E-state index contributed by atoms with van der Waals surface area (Å²) < 4.78 is 32.9. The quantitative estimate of drug-likeness (QED) is 0.0809. The van der Waals surface area contributed by atoms with E-state index in [1.165, 1.54) is 18.2 Å². The van der Waals surface area contributed by atoms with Crippen molar-refractivity contribution in [1.82, 2.24) is 15.2 Å². The molecule has 0 unspecified atom stereocenters. The van der Waals surface area contributed by atoms with E-state index in [2.05, 4.69) is 26.8 Å². The fraction of sp³-hybridized carbons (Fsp3) is 0.0345. The Morgan fingerprint density at radius 3 is 2.68 bits per heavy atom. The highest BCUT2D eigenvalue weighted by Gasteiger charge is 2.15. The molecule has 0 atom stereocenters. The number of hydrogen-bond donors (Lipinski definition) is 4. The summed E-state index contributed by atoms with van der Waals surface area (Å²) in [6, 6.07) is 16.2. The molecule has 5 aromatic rings. The number of benzene rings is 3. The molecule has 0 aliphatic heterocycles. The number of fused-ring (bicyclic) bond motifs is 1. The van der Waals surface area contributed by atoms with Gasteiger partial charge in [0.15, 0.2) is 11.6 Å². The van der Waals surface area contributed by atoms with Crippen LogP contribution in [0.3, 0.4) is 0 Å². The Hall–Kier alpha value is -5.18. The van der Waals surface area contributed by atoms with Gasteiger partial charge in [0.1, 0.15) is 17.3 Å². The summed E-state index contributed by atoms with van der Waals surface area (Å²) >= 11 is 0. The molecule has 9 heteroatoms. The SMILES string of the molecule is C=CC(C(N)=Nc1ccc(Oc2cccc(F)c2F)cc1C)=C(O)c1cc2c(-c3cn[nH]c3)cccc2[nH]1. The molecule has 0 spiro atoms. The zero-order valence-corrected chi connectivity index (χ0v) is 20.3. The number of aliphatic hydroxyl groups is 1. The van der Waals surface area contributed by atoms with Crippen LogP contribution in [0.15, 0.2) is 96.3 Å². The predicted octanol–water partition coefficient (Wildman–Crippen LogP) is 7.08. The van der Waals surface area contributed by atoms with Crippen molar-refractivity contribution in [2.75, 3.05) is 0 Å². The standard InChI is InChI=1S/C29H23F2N5O2/c1-3-19(28(37)25-13-21-20(17-14-33-34-15-17)6-4-8-24(21)35-25)29(32)36-23-11-10-18(12-16(23)2)38-26-9-5-7-22(30)27(26)31/h3-15,35,37H,1H2,2H3,(H2,32,36)(H,33,34). The molecule has 38 heavy (non-hydrogen) atoms. The van der Waals surface area contributed by atoms with Crippen LogP contribution in [0.5, 0.6) is 11.5 Å². The molecule has 0 amide bonds. The summed E-state index contributed by atoms with van der Waals surface area (Å²) in [6.07, 6.45) is 4.95. The van der Waals surface area contributed by atoms with Crippen molar-refractivity contribution in [3.8, 4) is 22.6 Å². The summed E-state index contributed by atoms with van der Waals surface area (Å²) in [5.74, 6) is -2.06. The molecule has 0 radical (unpaired) electrons. The first-order chi connectivity index (χ1) is 18.4. The number of H-pyrrole nitrogens is 2. The van der Waals surface area contributed by atoms with Crippen molar-refractivity contribution < 1.29 is 18.6 Å². The largest absolute Gasteiger partial charge is 0.505 e. The van der Waals surface area contributed by atoms with E-state index in [9.17, 15) is 13.9 Å². The summed E-state index contributed by atoms with van der Waals surface area (Å²) in [4.78, 5) is 7.67. The molecule has 0 bridgehead atoms. The van der Waals surface area contributed by atoms with Gasteiger partial charge in [-0.3, -0.25) is 5.10 Å². The number of aliphatic hydroxyl groups excluding tert-OH is 1. The maximum Gasteiger partial charge on any atom is 0.201 e. The van der Waals surface area contributed by atoms with Gasteiger partial charge in [0.25, 0.3) is 0 Å². The Morgan fingerprint density at radius 1 is 1.13 bits per heavy atom. The van der Waals surface area contributed by atoms with Crippen molar-refractivity contribution >= 4 is 28.2 Å². The fourth-order valence-electron chi connectivity index (χ4n) is 4.10. The van der Waals surface area contributed by atoms with E-state index >= 15 is 0 Å². The van der Waals surface area contributed by atoms with Gasteiger partial charge in [0.05, 0.1) is 23.2 Å². The Labute approximate surface area is 216 Å². The maximum atomic E-state index is 14.0. The molecule has 0 aliphatic rings. The van der Waals surface area contributed by atoms with Crippen LogP contribution >= 0.6 is 0 Å². The summed E-state index contributed by atoms with van der Waals surface area (Å²) in [7, 11) is 0. The lowest BCUT2D eigenvalue weighted by Gasteiger charge is -2.10. The molecule has 3 aromatic carbocycles. The second-order valence-electron chi connectivity index (χ2n) is 8.50. The van der Waals surface area contributed by atoms with Gasteiger partial charge >= 0.3 is 0 Å². The zero-order chi connectivity index (χ0) is 26.8. The molecule has 0 saturated carbocycles. The summed E-state index contributed by atoms with van der Waals surface area (Å²) in [6.45, 7) is 5.56. The number of rotatable bonds is 7. The number of hydrogen-bond acceptors (Lipinski definition) is 4. The highest BCUT2D eigenvalue weighted by Crippen LogP contribution is 2.32. The van der Waals surface area contributed by atoms with Crippen LogP contribution in [0.1, 0.15) is 11.3 Å². The molecule has 0 saturated heterocycles. The summed E-state index contributed by atoms with van der Waals surface area (Å²) in [5, 5.41) is 18.8. The van der Waals surface area contributed by atoms with Crippen LogP contribution in [0.4, 0.5) is 14.5 Å². The monoisotopic (exact) mass is 511 g/mol. The van der Waals surface area contributed by atoms with Crippen molar-refractivity contribution in [1.29, 1.82) is 0 Å². The van der Waals surface area contributed by atoms with Crippen LogP contribution in [-0.4, -0.2) is 26.1 Å². The second-order valence-corrected chi connectivity index (χ2v) is 8.50. The average Bonchev–Trinajstić information content (AvgIpc) is 3.59. The van der Waals surface area contributed by atoms with Gasteiger partial charge in [-0.2, -0.15) is 9.49 Å². The van der Waals surface area contributed by atoms with E-state index in [-0.39, 0.29) is 22.9 Å². The van der Waals surface area contributed by atoms with Crippen LogP contribution in [0.2, 0.25) is 0 Å². The van der Waals surface area contributed by atoms with Gasteiger partial charge in [-0.15, -0.1) is 0 Å². The number of ether oxygens (including phenoxy) is 1. The smallest absolute Gasteiger partial charge is 0.201 e. The normalized spacial score (nSPS) is 12.4. The van der Waals surface area contributed by atoms with Crippen molar-refractivity contribution in [3.05, 3.63) is 114 Å². The van der Waals surface area contributed by atoms with Crippen LogP contribution in [0, 0.1) is 18.6 Å². The van der Waals surface area contributed by atoms with E-state index in [4.69, 9.17) is 10.5 Å². The van der Waals surface area contributed by atoms with Gasteiger partial charge in [0.2, 0.25) is 5.82 Å². The van der Waals surface area contributed by atoms with E-state index < -0.39 is 11.6 Å². The van der Waals surface area contributed by atoms with Gasteiger partial charge in [0, 0.05) is 22.7 Å². The van der Waals surface area contributed by atoms with E-state index in [0.29, 0.717) is 22.7 Å². The molecule has 2 heterocycles. The molecule has 0 aliphatic carbocycles. The Kier molecular flexibility index (Phi) is 6.49. The molecule has 7 nitrogen and oxygen atoms in total.